The number of hydrogen-bond acceptors (Lipinski definition) is 2. The Morgan fingerprint density at radius 1 is 0.696 bits per heavy atom. The highest BCUT2D eigenvalue weighted by molar-refractivity contribution is 5.87. The Kier molecular flexibility index (Phi) is 5.79. The molecule has 130 valence electrons. The molecule has 0 aromatic rings. The van der Waals surface area contributed by atoms with Gasteiger partial charge in [-0.2, -0.15) is 0 Å². The van der Waals surface area contributed by atoms with Crippen LogP contribution in [0.5, 0.6) is 0 Å². The molecule has 5 nitrogen and oxygen atoms in total. The Labute approximate surface area is 139 Å². The molecule has 3 fully saturated rings. The normalized spacial score (nSPS) is 27.0. The van der Waals surface area contributed by atoms with Crippen LogP contribution < -0.4 is 10.6 Å². The minimum absolute atomic E-state index is 0.0294. The van der Waals surface area contributed by atoms with Crippen LogP contribution in [0.1, 0.15) is 77.0 Å². The smallest absolute Gasteiger partial charge is 0.318 e. The lowest BCUT2D eigenvalue weighted by Crippen LogP contribution is -2.53. The first-order valence-corrected chi connectivity index (χ1v) is 9.61. The molecule has 0 aromatic carbocycles. The fourth-order valence-corrected chi connectivity index (χ4v) is 4.33. The lowest BCUT2D eigenvalue weighted by Gasteiger charge is -2.30. The van der Waals surface area contributed by atoms with Crippen molar-refractivity contribution in [2.24, 2.45) is 0 Å². The molecule has 3 amide bonds. The van der Waals surface area contributed by atoms with E-state index in [2.05, 4.69) is 10.6 Å². The van der Waals surface area contributed by atoms with Gasteiger partial charge in [0.1, 0.15) is 6.04 Å². The van der Waals surface area contributed by atoms with Crippen molar-refractivity contribution in [2.45, 2.75) is 95.2 Å². The van der Waals surface area contributed by atoms with Crippen LogP contribution in [0, 0.1) is 0 Å². The molecule has 1 saturated heterocycles. The van der Waals surface area contributed by atoms with Crippen molar-refractivity contribution in [3.05, 3.63) is 0 Å². The van der Waals surface area contributed by atoms with Crippen LogP contribution in [-0.2, 0) is 4.79 Å². The summed E-state index contributed by atoms with van der Waals surface area (Å²) in [6.07, 6.45) is 13.5. The van der Waals surface area contributed by atoms with Crippen molar-refractivity contribution >= 4 is 11.9 Å². The molecule has 1 heterocycles. The van der Waals surface area contributed by atoms with Gasteiger partial charge < -0.3 is 15.5 Å². The lowest BCUT2D eigenvalue weighted by atomic mass is 9.95. The summed E-state index contributed by atoms with van der Waals surface area (Å²) in [7, 11) is 0. The first-order chi connectivity index (χ1) is 11.2. The maximum absolute atomic E-state index is 12.6. The fourth-order valence-electron chi connectivity index (χ4n) is 4.33. The number of hydrogen-bond donors (Lipinski definition) is 2. The highest BCUT2D eigenvalue weighted by Gasteiger charge is 2.35. The van der Waals surface area contributed by atoms with E-state index in [-0.39, 0.29) is 18.0 Å². The quantitative estimate of drug-likeness (QED) is 0.839. The maximum Gasteiger partial charge on any atom is 0.318 e. The molecule has 0 spiro atoms. The summed E-state index contributed by atoms with van der Waals surface area (Å²) in [6, 6.07) is 0.331. The van der Waals surface area contributed by atoms with E-state index in [1.165, 1.54) is 38.5 Å². The van der Waals surface area contributed by atoms with Gasteiger partial charge in [0.05, 0.1) is 0 Å². The number of nitrogens with one attached hydrogen (secondary N) is 2. The van der Waals surface area contributed by atoms with Crippen LogP contribution in [0.15, 0.2) is 0 Å². The largest absolute Gasteiger partial charge is 0.352 e. The van der Waals surface area contributed by atoms with Gasteiger partial charge in [0.2, 0.25) is 5.91 Å². The third kappa shape index (κ3) is 4.39. The number of urea groups is 1. The number of nitrogens with zero attached hydrogens (tertiary/aromatic N) is 1. The minimum atomic E-state index is -0.263. The third-order valence-corrected chi connectivity index (χ3v) is 5.70. The monoisotopic (exact) mass is 321 g/mol. The summed E-state index contributed by atoms with van der Waals surface area (Å²) in [4.78, 5) is 26.9. The Bertz CT molecular complexity index is 376. The first kappa shape index (κ1) is 16.6. The van der Waals surface area contributed by atoms with Crippen LogP contribution in [0.2, 0.25) is 0 Å². The van der Waals surface area contributed by atoms with Crippen LogP contribution in [-0.4, -0.2) is 41.5 Å². The van der Waals surface area contributed by atoms with Gasteiger partial charge in [0.15, 0.2) is 0 Å². The molecule has 0 aromatic heterocycles. The van der Waals surface area contributed by atoms with E-state index >= 15 is 0 Å². The average Bonchev–Trinajstić information content (AvgIpc) is 3.06. The van der Waals surface area contributed by atoms with Crippen molar-refractivity contribution < 1.29 is 9.59 Å². The molecule has 2 aliphatic carbocycles. The predicted molar refractivity (Wildman–Crippen MR) is 90.1 cm³/mol. The molecule has 1 aliphatic heterocycles. The molecule has 3 rings (SSSR count). The minimum Gasteiger partial charge on any atom is -0.352 e. The van der Waals surface area contributed by atoms with Gasteiger partial charge in [-0.15, -0.1) is 0 Å². The number of carbonyl (C=O) groups excluding carboxylic acids is 2. The highest BCUT2D eigenvalue weighted by atomic mass is 16.2. The summed E-state index contributed by atoms with van der Waals surface area (Å²) in [5.41, 5.74) is 0. The third-order valence-electron chi connectivity index (χ3n) is 5.70. The summed E-state index contributed by atoms with van der Waals surface area (Å²) in [5, 5.41) is 6.34. The van der Waals surface area contributed by atoms with E-state index in [0.29, 0.717) is 18.6 Å². The Morgan fingerprint density at radius 2 is 1.26 bits per heavy atom. The molecule has 3 aliphatic rings. The zero-order chi connectivity index (χ0) is 16.1. The molecule has 0 radical (unpaired) electrons. The van der Waals surface area contributed by atoms with Crippen molar-refractivity contribution in [1.29, 1.82) is 0 Å². The average molecular weight is 321 g/mol. The topological polar surface area (TPSA) is 61.4 Å². The molecular weight excluding hydrogens is 290 g/mol. The van der Waals surface area contributed by atoms with Crippen LogP contribution >= 0.6 is 0 Å². The van der Waals surface area contributed by atoms with Gasteiger partial charge in [0, 0.05) is 18.6 Å². The summed E-state index contributed by atoms with van der Waals surface area (Å²) < 4.78 is 0. The Morgan fingerprint density at radius 3 is 1.87 bits per heavy atom. The van der Waals surface area contributed by atoms with Crippen LogP contribution in [0.3, 0.4) is 0 Å². The maximum atomic E-state index is 12.6. The fraction of sp³-hybridized carbons (Fsp3) is 0.889. The molecule has 5 heteroatoms. The molecule has 2 N–H and O–H groups in total. The van der Waals surface area contributed by atoms with E-state index in [1.54, 1.807) is 4.90 Å². The molecule has 23 heavy (non-hydrogen) atoms. The SMILES string of the molecule is O=C(NC1CCCCC1)[C@H]1CCCN1C(=O)NC1CCCCC1. The zero-order valence-electron chi connectivity index (χ0n) is 14.2. The zero-order valence-corrected chi connectivity index (χ0v) is 14.2. The van der Waals surface area contributed by atoms with E-state index in [9.17, 15) is 9.59 Å². The molecule has 2 saturated carbocycles. The first-order valence-electron chi connectivity index (χ1n) is 9.61. The standard InChI is InChI=1S/C18H31N3O2/c22-17(19-14-8-3-1-4-9-14)16-12-7-13-21(16)18(23)20-15-10-5-2-6-11-15/h14-16H,1-13H2,(H,19,22)(H,20,23)/t16-/m1/s1. The second-order valence-electron chi connectivity index (χ2n) is 7.48. The second kappa shape index (κ2) is 8.02. The summed E-state index contributed by atoms with van der Waals surface area (Å²) in [6.45, 7) is 0.710. The van der Waals surface area contributed by atoms with Gasteiger partial charge in [-0.25, -0.2) is 4.79 Å². The molecule has 0 unspecified atom stereocenters. The van der Waals surface area contributed by atoms with E-state index in [4.69, 9.17) is 0 Å². The van der Waals surface area contributed by atoms with Crippen molar-refractivity contribution in [1.82, 2.24) is 15.5 Å². The highest BCUT2D eigenvalue weighted by Crippen LogP contribution is 2.22. The summed E-state index contributed by atoms with van der Waals surface area (Å²) >= 11 is 0. The Balaban J connectivity index is 1.51. The van der Waals surface area contributed by atoms with Gasteiger partial charge in [0.25, 0.3) is 0 Å². The lowest BCUT2D eigenvalue weighted by molar-refractivity contribution is -0.125. The van der Waals surface area contributed by atoms with E-state index < -0.39 is 0 Å². The van der Waals surface area contributed by atoms with Gasteiger partial charge >= 0.3 is 6.03 Å². The van der Waals surface area contributed by atoms with Crippen LogP contribution in [0.4, 0.5) is 4.79 Å². The molecular formula is C18H31N3O2. The van der Waals surface area contributed by atoms with E-state index in [0.717, 1.165) is 38.5 Å². The Hall–Kier alpha value is -1.26. The molecule has 1 atom stereocenters. The van der Waals surface area contributed by atoms with Gasteiger partial charge in [-0.3, -0.25) is 4.79 Å². The predicted octanol–water partition coefficient (Wildman–Crippen LogP) is 2.94. The summed E-state index contributed by atoms with van der Waals surface area (Å²) in [5.74, 6) is 0.0631. The second-order valence-corrected chi connectivity index (χ2v) is 7.48. The number of rotatable bonds is 3. The van der Waals surface area contributed by atoms with Crippen molar-refractivity contribution in [2.75, 3.05) is 6.54 Å². The van der Waals surface area contributed by atoms with Crippen LogP contribution in [0.25, 0.3) is 0 Å². The van der Waals surface area contributed by atoms with Crippen molar-refractivity contribution in [3.63, 3.8) is 0 Å². The number of amides is 3. The molecule has 0 bridgehead atoms. The van der Waals surface area contributed by atoms with Crippen molar-refractivity contribution in [3.8, 4) is 0 Å². The number of carbonyl (C=O) groups is 2. The van der Waals surface area contributed by atoms with Gasteiger partial charge in [-0.05, 0) is 38.5 Å². The number of likely N-dealkylation sites (tertiary alicyclic amines) is 1. The van der Waals surface area contributed by atoms with Gasteiger partial charge in [-0.1, -0.05) is 38.5 Å². The van der Waals surface area contributed by atoms with E-state index in [1.807, 2.05) is 0 Å².